The highest BCUT2D eigenvalue weighted by atomic mass is 16.5. The molecule has 2 unspecified atom stereocenters. The number of nitrogens with zero attached hydrogens (tertiary/aromatic N) is 1. The Hall–Kier alpha value is -0.650. The first-order valence-corrected chi connectivity index (χ1v) is 6.90. The summed E-state index contributed by atoms with van der Waals surface area (Å²) < 4.78 is 5.01. The van der Waals surface area contributed by atoms with Crippen LogP contribution < -0.4 is 5.32 Å². The summed E-state index contributed by atoms with van der Waals surface area (Å²) in [4.78, 5) is 13.7. The molecule has 0 spiro atoms. The normalized spacial score (nSPS) is 21.2. The zero-order valence-electron chi connectivity index (χ0n) is 11.5. The van der Waals surface area contributed by atoms with Gasteiger partial charge in [-0.15, -0.1) is 0 Å². The summed E-state index contributed by atoms with van der Waals surface area (Å²) in [6.07, 6.45) is 2.39. The van der Waals surface area contributed by atoms with Crippen molar-refractivity contribution in [3.8, 4) is 0 Å². The van der Waals surface area contributed by atoms with E-state index in [1.54, 1.807) is 0 Å². The van der Waals surface area contributed by atoms with Crippen LogP contribution in [0.2, 0.25) is 0 Å². The van der Waals surface area contributed by atoms with Crippen LogP contribution in [0.15, 0.2) is 0 Å². The fourth-order valence-corrected chi connectivity index (χ4v) is 2.37. The van der Waals surface area contributed by atoms with Gasteiger partial charge in [-0.1, -0.05) is 6.92 Å². The van der Waals surface area contributed by atoms with Gasteiger partial charge in [0.05, 0.1) is 19.1 Å². The SMILES string of the molecule is CCOC(=O)C(C)CN(CCO)CC1CCCN1. The lowest BCUT2D eigenvalue weighted by Crippen LogP contribution is -2.42. The van der Waals surface area contributed by atoms with Crippen molar-refractivity contribution in [3.05, 3.63) is 0 Å². The van der Waals surface area contributed by atoms with Crippen LogP contribution >= 0.6 is 0 Å². The number of nitrogens with one attached hydrogen (secondary N) is 1. The molecular weight excluding hydrogens is 232 g/mol. The molecule has 5 nitrogen and oxygen atoms in total. The standard InChI is InChI=1S/C13H26N2O3/c1-3-18-13(17)11(2)9-15(7-8-16)10-12-5-4-6-14-12/h11-12,14,16H,3-10H2,1-2H3. The van der Waals surface area contributed by atoms with Gasteiger partial charge < -0.3 is 15.2 Å². The number of rotatable bonds is 8. The van der Waals surface area contributed by atoms with E-state index in [0.717, 1.165) is 13.1 Å². The lowest BCUT2D eigenvalue weighted by Gasteiger charge is -2.26. The Kier molecular flexibility index (Phi) is 7.23. The van der Waals surface area contributed by atoms with Gasteiger partial charge in [0.25, 0.3) is 0 Å². The fourth-order valence-electron chi connectivity index (χ4n) is 2.37. The smallest absolute Gasteiger partial charge is 0.309 e. The third-order valence-electron chi connectivity index (χ3n) is 3.28. The molecule has 0 aromatic heterocycles. The first kappa shape index (κ1) is 15.4. The molecule has 0 bridgehead atoms. The van der Waals surface area contributed by atoms with Crippen LogP contribution in [0.3, 0.4) is 0 Å². The van der Waals surface area contributed by atoms with Gasteiger partial charge in [-0.3, -0.25) is 9.69 Å². The quantitative estimate of drug-likeness (QED) is 0.610. The van der Waals surface area contributed by atoms with E-state index in [1.165, 1.54) is 12.8 Å². The second-order valence-electron chi connectivity index (χ2n) is 4.93. The van der Waals surface area contributed by atoms with Crippen LogP contribution in [0.1, 0.15) is 26.7 Å². The van der Waals surface area contributed by atoms with Gasteiger partial charge >= 0.3 is 5.97 Å². The van der Waals surface area contributed by atoms with Crippen molar-refractivity contribution in [2.24, 2.45) is 5.92 Å². The molecular formula is C13H26N2O3. The number of aliphatic hydroxyl groups is 1. The van der Waals surface area contributed by atoms with Crippen LogP contribution in [0.4, 0.5) is 0 Å². The largest absolute Gasteiger partial charge is 0.466 e. The summed E-state index contributed by atoms with van der Waals surface area (Å²) in [5, 5.41) is 12.5. The van der Waals surface area contributed by atoms with Crippen molar-refractivity contribution in [3.63, 3.8) is 0 Å². The predicted molar refractivity (Wildman–Crippen MR) is 70.3 cm³/mol. The van der Waals surface area contributed by atoms with Gasteiger partial charge in [-0.05, 0) is 26.3 Å². The van der Waals surface area contributed by atoms with Crippen molar-refractivity contribution in [1.29, 1.82) is 0 Å². The van der Waals surface area contributed by atoms with Crippen molar-refractivity contribution in [2.75, 3.05) is 39.4 Å². The molecule has 1 heterocycles. The number of ether oxygens (including phenoxy) is 1. The molecule has 1 fully saturated rings. The molecule has 2 N–H and O–H groups in total. The minimum atomic E-state index is -0.153. The molecule has 0 amide bonds. The lowest BCUT2D eigenvalue weighted by atomic mass is 10.1. The van der Waals surface area contributed by atoms with Gasteiger partial charge in [0.1, 0.15) is 0 Å². The first-order valence-electron chi connectivity index (χ1n) is 6.90. The Morgan fingerprint density at radius 3 is 2.94 bits per heavy atom. The maximum absolute atomic E-state index is 11.6. The van der Waals surface area contributed by atoms with E-state index < -0.39 is 0 Å². The summed E-state index contributed by atoms with van der Waals surface area (Å²) in [5.41, 5.74) is 0. The fraction of sp³-hybridized carbons (Fsp3) is 0.923. The van der Waals surface area contributed by atoms with Crippen LogP contribution in [0.5, 0.6) is 0 Å². The molecule has 18 heavy (non-hydrogen) atoms. The van der Waals surface area contributed by atoms with Gasteiger partial charge in [-0.25, -0.2) is 0 Å². The molecule has 0 aromatic carbocycles. The van der Waals surface area contributed by atoms with Crippen LogP contribution in [0.25, 0.3) is 0 Å². The average Bonchev–Trinajstić information content (AvgIpc) is 2.82. The number of carbonyl (C=O) groups is 1. The van der Waals surface area contributed by atoms with Crippen LogP contribution in [0, 0.1) is 5.92 Å². The van der Waals surface area contributed by atoms with E-state index in [2.05, 4.69) is 10.2 Å². The van der Waals surface area contributed by atoms with E-state index >= 15 is 0 Å². The average molecular weight is 258 g/mol. The molecule has 5 heteroatoms. The Morgan fingerprint density at radius 1 is 1.61 bits per heavy atom. The Bertz CT molecular complexity index is 242. The molecule has 0 aliphatic carbocycles. The number of aliphatic hydroxyl groups excluding tert-OH is 1. The monoisotopic (exact) mass is 258 g/mol. The zero-order chi connectivity index (χ0) is 13.4. The van der Waals surface area contributed by atoms with E-state index in [-0.39, 0.29) is 18.5 Å². The topological polar surface area (TPSA) is 61.8 Å². The molecule has 1 saturated heterocycles. The van der Waals surface area contributed by atoms with E-state index in [4.69, 9.17) is 9.84 Å². The van der Waals surface area contributed by atoms with Crippen LogP contribution in [-0.4, -0.2) is 61.4 Å². The third kappa shape index (κ3) is 5.33. The summed E-state index contributed by atoms with van der Waals surface area (Å²) in [5.74, 6) is -0.294. The zero-order valence-corrected chi connectivity index (χ0v) is 11.5. The second-order valence-corrected chi connectivity index (χ2v) is 4.93. The molecule has 1 aliphatic rings. The molecule has 106 valence electrons. The summed E-state index contributed by atoms with van der Waals surface area (Å²) >= 11 is 0. The van der Waals surface area contributed by atoms with Gasteiger partial charge in [-0.2, -0.15) is 0 Å². The number of esters is 1. The number of hydrogen-bond donors (Lipinski definition) is 2. The van der Waals surface area contributed by atoms with E-state index in [9.17, 15) is 4.79 Å². The van der Waals surface area contributed by atoms with Crippen molar-refractivity contribution >= 4 is 5.97 Å². The molecule has 0 saturated carbocycles. The summed E-state index contributed by atoms with van der Waals surface area (Å²) in [6, 6.07) is 0.492. The highest BCUT2D eigenvalue weighted by Crippen LogP contribution is 2.09. The maximum Gasteiger partial charge on any atom is 0.309 e. The Balaban J connectivity index is 2.37. The first-order chi connectivity index (χ1) is 8.67. The van der Waals surface area contributed by atoms with Gasteiger partial charge in [0, 0.05) is 25.7 Å². The minimum absolute atomic E-state index is 0.127. The third-order valence-corrected chi connectivity index (χ3v) is 3.28. The van der Waals surface area contributed by atoms with Crippen LogP contribution in [-0.2, 0) is 9.53 Å². The minimum Gasteiger partial charge on any atom is -0.466 e. The van der Waals surface area contributed by atoms with Gasteiger partial charge in [0.15, 0.2) is 0 Å². The van der Waals surface area contributed by atoms with Crippen molar-refractivity contribution < 1.29 is 14.6 Å². The predicted octanol–water partition coefficient (Wildman–Crippen LogP) is 0.232. The number of hydrogen-bond acceptors (Lipinski definition) is 5. The molecule has 1 rings (SSSR count). The van der Waals surface area contributed by atoms with Crippen molar-refractivity contribution in [1.82, 2.24) is 10.2 Å². The van der Waals surface area contributed by atoms with E-state index in [0.29, 0.717) is 25.7 Å². The van der Waals surface area contributed by atoms with Crippen molar-refractivity contribution in [2.45, 2.75) is 32.7 Å². The lowest BCUT2D eigenvalue weighted by molar-refractivity contribution is -0.148. The molecule has 0 aromatic rings. The second kappa shape index (κ2) is 8.45. The Labute approximate surface area is 109 Å². The number of carbonyl (C=O) groups excluding carboxylic acids is 1. The maximum atomic E-state index is 11.6. The molecule has 2 atom stereocenters. The summed E-state index contributed by atoms with van der Waals surface area (Å²) in [7, 11) is 0. The van der Waals surface area contributed by atoms with Gasteiger partial charge in [0.2, 0.25) is 0 Å². The molecule has 1 aliphatic heterocycles. The highest BCUT2D eigenvalue weighted by molar-refractivity contribution is 5.72. The highest BCUT2D eigenvalue weighted by Gasteiger charge is 2.22. The molecule has 0 radical (unpaired) electrons. The Morgan fingerprint density at radius 2 is 2.39 bits per heavy atom. The van der Waals surface area contributed by atoms with E-state index in [1.807, 2.05) is 13.8 Å². The summed E-state index contributed by atoms with van der Waals surface area (Å²) in [6.45, 7) is 7.48.